The molecule has 0 N–H and O–H groups in total. The normalized spacial score (nSPS) is 9.81. The predicted molar refractivity (Wildman–Crippen MR) is 61.6 cm³/mol. The van der Waals surface area contributed by atoms with Gasteiger partial charge in [-0.1, -0.05) is 18.2 Å². The summed E-state index contributed by atoms with van der Waals surface area (Å²) in [5.41, 5.74) is 2.04. The molecule has 3 heteroatoms. The van der Waals surface area contributed by atoms with Crippen LogP contribution in [0.3, 0.4) is 0 Å². The minimum absolute atomic E-state index is 0.420. The summed E-state index contributed by atoms with van der Waals surface area (Å²) in [5, 5.41) is 0. The van der Waals surface area contributed by atoms with Gasteiger partial charge in [0, 0.05) is 5.56 Å². The van der Waals surface area contributed by atoms with Crippen molar-refractivity contribution in [2.24, 2.45) is 0 Å². The van der Waals surface area contributed by atoms with Crippen LogP contribution < -0.4 is 4.74 Å². The number of aldehydes is 1. The first-order valence-corrected chi connectivity index (χ1v) is 4.91. The van der Waals surface area contributed by atoms with Crippen molar-refractivity contribution in [1.82, 2.24) is 4.98 Å². The number of carbonyl (C=O) groups is 1. The molecule has 0 saturated carbocycles. The van der Waals surface area contributed by atoms with Gasteiger partial charge in [0.2, 0.25) is 0 Å². The Morgan fingerprint density at radius 2 is 1.94 bits per heavy atom. The Balaban J connectivity index is 2.53. The lowest BCUT2D eigenvalue weighted by molar-refractivity contribution is 0.111. The third-order valence-corrected chi connectivity index (χ3v) is 2.27. The first-order chi connectivity index (χ1) is 7.85. The van der Waals surface area contributed by atoms with Gasteiger partial charge in [-0.15, -0.1) is 0 Å². The molecule has 0 amide bonds. The standard InChI is InChI=1S/C13H11NO2/c1-16-13-8-3-2-6-11(13)12-7-4-5-10(9-15)14-12/h2-9H,1H3. The molecule has 0 spiro atoms. The number of ether oxygens (including phenoxy) is 1. The van der Waals surface area contributed by atoms with Crippen molar-refractivity contribution >= 4 is 6.29 Å². The highest BCUT2D eigenvalue weighted by molar-refractivity contribution is 5.75. The molecule has 80 valence electrons. The van der Waals surface area contributed by atoms with Crippen LogP contribution >= 0.6 is 0 Å². The van der Waals surface area contributed by atoms with Crippen molar-refractivity contribution in [3.8, 4) is 17.0 Å². The molecular weight excluding hydrogens is 202 g/mol. The summed E-state index contributed by atoms with van der Waals surface area (Å²) >= 11 is 0. The molecule has 0 aliphatic heterocycles. The molecule has 0 saturated heterocycles. The van der Waals surface area contributed by atoms with Crippen molar-refractivity contribution in [2.75, 3.05) is 7.11 Å². The van der Waals surface area contributed by atoms with Gasteiger partial charge in [-0.3, -0.25) is 4.79 Å². The van der Waals surface area contributed by atoms with Gasteiger partial charge in [-0.05, 0) is 24.3 Å². The molecule has 1 aromatic heterocycles. The predicted octanol–water partition coefficient (Wildman–Crippen LogP) is 2.57. The Hall–Kier alpha value is -2.16. The number of pyridine rings is 1. The smallest absolute Gasteiger partial charge is 0.168 e. The quantitative estimate of drug-likeness (QED) is 0.735. The van der Waals surface area contributed by atoms with Crippen LogP contribution in [-0.4, -0.2) is 18.4 Å². The Kier molecular flexibility index (Phi) is 2.96. The number of nitrogens with zero attached hydrogens (tertiary/aromatic N) is 1. The van der Waals surface area contributed by atoms with Crippen LogP contribution in [0.15, 0.2) is 42.5 Å². The van der Waals surface area contributed by atoms with Gasteiger partial charge >= 0.3 is 0 Å². The summed E-state index contributed by atoms with van der Waals surface area (Å²) in [6.07, 6.45) is 0.735. The van der Waals surface area contributed by atoms with Gasteiger partial charge in [0.15, 0.2) is 6.29 Å². The number of para-hydroxylation sites is 1. The van der Waals surface area contributed by atoms with Crippen molar-refractivity contribution in [1.29, 1.82) is 0 Å². The lowest BCUT2D eigenvalue weighted by Crippen LogP contribution is -1.92. The third kappa shape index (κ3) is 1.93. The van der Waals surface area contributed by atoms with Gasteiger partial charge in [-0.2, -0.15) is 0 Å². The van der Waals surface area contributed by atoms with Crippen molar-refractivity contribution in [2.45, 2.75) is 0 Å². The van der Waals surface area contributed by atoms with E-state index in [1.165, 1.54) is 0 Å². The zero-order chi connectivity index (χ0) is 11.4. The zero-order valence-electron chi connectivity index (χ0n) is 8.88. The van der Waals surface area contributed by atoms with Gasteiger partial charge in [0.1, 0.15) is 11.4 Å². The van der Waals surface area contributed by atoms with E-state index in [-0.39, 0.29) is 0 Å². The van der Waals surface area contributed by atoms with Crippen LogP contribution in [0, 0.1) is 0 Å². The molecule has 0 bridgehead atoms. The van der Waals surface area contributed by atoms with Gasteiger partial charge in [-0.25, -0.2) is 4.98 Å². The highest BCUT2D eigenvalue weighted by Crippen LogP contribution is 2.27. The summed E-state index contributed by atoms with van der Waals surface area (Å²) in [5.74, 6) is 0.748. The van der Waals surface area contributed by atoms with Crippen LogP contribution in [-0.2, 0) is 0 Å². The Morgan fingerprint density at radius 1 is 1.12 bits per heavy atom. The van der Waals surface area contributed by atoms with E-state index in [0.717, 1.165) is 23.3 Å². The number of aromatic nitrogens is 1. The molecule has 0 unspecified atom stereocenters. The maximum atomic E-state index is 10.7. The van der Waals surface area contributed by atoms with E-state index in [0.29, 0.717) is 5.69 Å². The highest BCUT2D eigenvalue weighted by Gasteiger charge is 2.06. The lowest BCUT2D eigenvalue weighted by Gasteiger charge is -2.07. The molecule has 3 nitrogen and oxygen atoms in total. The summed E-state index contributed by atoms with van der Waals surface area (Å²) in [6.45, 7) is 0. The van der Waals surface area contributed by atoms with Crippen LogP contribution in [0.4, 0.5) is 0 Å². The maximum Gasteiger partial charge on any atom is 0.168 e. The molecule has 0 aliphatic rings. The van der Waals surface area contributed by atoms with E-state index in [9.17, 15) is 4.79 Å². The topological polar surface area (TPSA) is 39.2 Å². The maximum absolute atomic E-state index is 10.7. The van der Waals surface area contributed by atoms with E-state index in [2.05, 4.69) is 4.98 Å². The van der Waals surface area contributed by atoms with Gasteiger partial charge in [0.25, 0.3) is 0 Å². The lowest BCUT2D eigenvalue weighted by atomic mass is 10.1. The second-order valence-electron chi connectivity index (χ2n) is 3.27. The van der Waals surface area contributed by atoms with Crippen molar-refractivity contribution in [3.63, 3.8) is 0 Å². The molecule has 1 heterocycles. The highest BCUT2D eigenvalue weighted by atomic mass is 16.5. The number of rotatable bonds is 3. The molecule has 0 radical (unpaired) electrons. The number of benzene rings is 1. The Morgan fingerprint density at radius 3 is 2.69 bits per heavy atom. The van der Waals surface area contributed by atoms with Crippen LogP contribution in [0.25, 0.3) is 11.3 Å². The van der Waals surface area contributed by atoms with E-state index >= 15 is 0 Å². The SMILES string of the molecule is COc1ccccc1-c1cccc(C=O)n1. The number of carbonyl (C=O) groups excluding carboxylic acids is 1. The van der Waals surface area contributed by atoms with Crippen molar-refractivity contribution < 1.29 is 9.53 Å². The van der Waals surface area contributed by atoms with Gasteiger partial charge in [0.05, 0.1) is 12.8 Å². The molecule has 2 aromatic rings. The molecule has 0 aliphatic carbocycles. The largest absolute Gasteiger partial charge is 0.496 e. The second-order valence-corrected chi connectivity index (χ2v) is 3.27. The average Bonchev–Trinajstić information content (AvgIpc) is 2.38. The Labute approximate surface area is 93.7 Å². The fourth-order valence-corrected chi connectivity index (χ4v) is 1.52. The second kappa shape index (κ2) is 4.57. The van der Waals surface area contributed by atoms with Gasteiger partial charge < -0.3 is 4.74 Å². The number of methoxy groups -OCH3 is 1. The first kappa shape index (κ1) is 10.4. The van der Waals surface area contributed by atoms with E-state index in [1.807, 2.05) is 30.3 Å². The molecule has 1 aromatic carbocycles. The van der Waals surface area contributed by atoms with E-state index in [1.54, 1.807) is 19.2 Å². The van der Waals surface area contributed by atoms with Crippen LogP contribution in [0.2, 0.25) is 0 Å². The molecule has 0 atom stereocenters. The fraction of sp³-hybridized carbons (Fsp3) is 0.0769. The number of hydrogen-bond donors (Lipinski definition) is 0. The van der Waals surface area contributed by atoms with E-state index in [4.69, 9.17) is 4.74 Å². The first-order valence-electron chi connectivity index (χ1n) is 4.91. The monoisotopic (exact) mass is 213 g/mol. The van der Waals surface area contributed by atoms with Crippen LogP contribution in [0.5, 0.6) is 5.75 Å². The van der Waals surface area contributed by atoms with Crippen LogP contribution in [0.1, 0.15) is 10.5 Å². The summed E-state index contributed by atoms with van der Waals surface area (Å²) in [7, 11) is 1.61. The fourth-order valence-electron chi connectivity index (χ4n) is 1.52. The molecule has 2 rings (SSSR count). The number of hydrogen-bond acceptors (Lipinski definition) is 3. The van der Waals surface area contributed by atoms with Crippen molar-refractivity contribution in [3.05, 3.63) is 48.2 Å². The molecule has 0 fully saturated rings. The average molecular weight is 213 g/mol. The summed E-state index contributed by atoms with van der Waals surface area (Å²) < 4.78 is 5.24. The minimum Gasteiger partial charge on any atom is -0.496 e. The third-order valence-electron chi connectivity index (χ3n) is 2.27. The summed E-state index contributed by atoms with van der Waals surface area (Å²) in [6, 6.07) is 12.9. The Bertz CT molecular complexity index is 509. The molecule has 16 heavy (non-hydrogen) atoms. The van der Waals surface area contributed by atoms with E-state index < -0.39 is 0 Å². The minimum atomic E-state index is 0.420. The summed E-state index contributed by atoms with van der Waals surface area (Å²) in [4.78, 5) is 14.9. The zero-order valence-corrected chi connectivity index (χ0v) is 8.88. The molecular formula is C13H11NO2.